The van der Waals surface area contributed by atoms with E-state index in [9.17, 15) is 14.7 Å². The van der Waals surface area contributed by atoms with Gasteiger partial charge in [-0.2, -0.15) is 0 Å². The van der Waals surface area contributed by atoms with Gasteiger partial charge in [-0.1, -0.05) is 6.08 Å². The summed E-state index contributed by atoms with van der Waals surface area (Å²) < 4.78 is 10.3. The molecule has 1 atom stereocenters. The van der Waals surface area contributed by atoms with Gasteiger partial charge >= 0.3 is 0 Å². The molecule has 6 heteroatoms. The van der Waals surface area contributed by atoms with Crippen LogP contribution in [-0.4, -0.2) is 36.5 Å². The standard InChI is InChI=1S/C16H17NO5/c1-21-11-6-8(7-12(11)22-2)16(20)14(18)9-4-3-5-10(17)13(9)15(16)19/h4,6-8,20H,3,5,17H2,1-2H3. The van der Waals surface area contributed by atoms with Gasteiger partial charge in [0.15, 0.2) is 11.5 Å². The SMILES string of the molecule is COC1=CC(C2(O)C(=O)C3=CCCC(N)=C3C2=O)C=C1OC. The van der Waals surface area contributed by atoms with E-state index in [1.165, 1.54) is 26.4 Å². The molecule has 0 heterocycles. The number of ether oxygens (including phenoxy) is 2. The number of methoxy groups -OCH3 is 2. The fourth-order valence-electron chi connectivity index (χ4n) is 3.17. The highest BCUT2D eigenvalue weighted by Gasteiger charge is 2.59. The second-order valence-corrected chi connectivity index (χ2v) is 5.48. The lowest BCUT2D eigenvalue weighted by Gasteiger charge is -2.22. The van der Waals surface area contributed by atoms with Gasteiger partial charge in [0, 0.05) is 17.2 Å². The van der Waals surface area contributed by atoms with E-state index in [-0.39, 0.29) is 11.1 Å². The van der Waals surface area contributed by atoms with Crippen molar-refractivity contribution < 1.29 is 24.2 Å². The largest absolute Gasteiger partial charge is 0.493 e. The highest BCUT2D eigenvalue weighted by molar-refractivity contribution is 6.35. The van der Waals surface area contributed by atoms with Crippen LogP contribution in [0.2, 0.25) is 0 Å². The van der Waals surface area contributed by atoms with Gasteiger partial charge in [0.1, 0.15) is 0 Å². The Kier molecular flexibility index (Phi) is 3.21. The number of nitrogens with two attached hydrogens (primary N) is 1. The number of fused-ring (bicyclic) bond motifs is 1. The number of allylic oxidation sites excluding steroid dienone is 2. The maximum absolute atomic E-state index is 12.7. The first kappa shape index (κ1) is 14.6. The van der Waals surface area contributed by atoms with E-state index in [1.807, 2.05) is 0 Å². The normalized spacial score (nSPS) is 28.4. The third-order valence-corrected chi connectivity index (χ3v) is 4.34. The minimum Gasteiger partial charge on any atom is -0.493 e. The molecule has 0 amide bonds. The summed E-state index contributed by atoms with van der Waals surface area (Å²) in [7, 11) is 2.90. The Bertz CT molecular complexity index is 677. The van der Waals surface area contributed by atoms with Crippen molar-refractivity contribution in [3.63, 3.8) is 0 Å². The van der Waals surface area contributed by atoms with E-state index in [0.717, 1.165) is 0 Å². The summed E-state index contributed by atoms with van der Waals surface area (Å²) in [6, 6.07) is 0. The Balaban J connectivity index is 2.10. The Hall–Kier alpha value is -2.34. The Morgan fingerprint density at radius 1 is 1.18 bits per heavy atom. The third-order valence-electron chi connectivity index (χ3n) is 4.34. The lowest BCUT2D eigenvalue weighted by atomic mass is 9.84. The zero-order chi connectivity index (χ0) is 16.1. The molecule has 0 aromatic rings. The predicted molar refractivity (Wildman–Crippen MR) is 77.2 cm³/mol. The van der Waals surface area contributed by atoms with Crippen molar-refractivity contribution in [3.8, 4) is 0 Å². The van der Waals surface area contributed by atoms with Crippen LogP contribution in [0.5, 0.6) is 0 Å². The molecule has 3 aliphatic rings. The predicted octanol–water partition coefficient (Wildman–Crippen LogP) is 0.493. The number of ketones is 2. The quantitative estimate of drug-likeness (QED) is 0.736. The number of aliphatic hydroxyl groups is 1. The van der Waals surface area contributed by atoms with Gasteiger partial charge in [-0.15, -0.1) is 0 Å². The molecule has 1 fully saturated rings. The second-order valence-electron chi connectivity index (χ2n) is 5.48. The van der Waals surface area contributed by atoms with Crippen molar-refractivity contribution in [1.29, 1.82) is 0 Å². The minimum atomic E-state index is -2.18. The first-order valence-corrected chi connectivity index (χ1v) is 6.98. The van der Waals surface area contributed by atoms with Crippen LogP contribution in [0, 0.1) is 5.92 Å². The van der Waals surface area contributed by atoms with Gasteiger partial charge < -0.3 is 20.3 Å². The summed E-state index contributed by atoms with van der Waals surface area (Å²) in [6.07, 6.45) is 5.80. The molecule has 0 aromatic carbocycles. The molecule has 0 spiro atoms. The van der Waals surface area contributed by atoms with Crippen molar-refractivity contribution in [2.24, 2.45) is 11.7 Å². The second kappa shape index (κ2) is 4.84. The van der Waals surface area contributed by atoms with E-state index in [4.69, 9.17) is 15.2 Å². The van der Waals surface area contributed by atoms with Crippen molar-refractivity contribution in [3.05, 3.63) is 46.6 Å². The van der Waals surface area contributed by atoms with E-state index in [1.54, 1.807) is 6.08 Å². The van der Waals surface area contributed by atoms with Crippen LogP contribution in [0.25, 0.3) is 0 Å². The Morgan fingerprint density at radius 3 is 2.27 bits per heavy atom. The van der Waals surface area contributed by atoms with Crippen molar-refractivity contribution in [1.82, 2.24) is 0 Å². The number of carbonyl (C=O) groups excluding carboxylic acids is 2. The van der Waals surface area contributed by atoms with Crippen LogP contribution in [0.3, 0.4) is 0 Å². The Morgan fingerprint density at radius 2 is 1.77 bits per heavy atom. The molecule has 0 saturated heterocycles. The number of hydrogen-bond donors (Lipinski definition) is 2. The van der Waals surface area contributed by atoms with Crippen LogP contribution in [-0.2, 0) is 19.1 Å². The van der Waals surface area contributed by atoms with E-state index < -0.39 is 23.1 Å². The summed E-state index contributed by atoms with van der Waals surface area (Å²) >= 11 is 0. The smallest absolute Gasteiger partial charge is 0.205 e. The van der Waals surface area contributed by atoms with Gasteiger partial charge in [0.25, 0.3) is 0 Å². The third kappa shape index (κ3) is 1.70. The average Bonchev–Trinajstić information content (AvgIpc) is 3.03. The molecular formula is C16H17NO5. The van der Waals surface area contributed by atoms with Crippen LogP contribution >= 0.6 is 0 Å². The van der Waals surface area contributed by atoms with Crippen LogP contribution in [0.1, 0.15) is 12.8 Å². The molecule has 116 valence electrons. The molecule has 22 heavy (non-hydrogen) atoms. The number of rotatable bonds is 3. The van der Waals surface area contributed by atoms with Gasteiger partial charge in [-0.3, -0.25) is 9.59 Å². The highest BCUT2D eigenvalue weighted by Crippen LogP contribution is 2.44. The van der Waals surface area contributed by atoms with Gasteiger partial charge in [-0.05, 0) is 25.0 Å². The molecule has 0 aliphatic heterocycles. The molecule has 1 saturated carbocycles. The summed E-state index contributed by atoms with van der Waals surface area (Å²) in [5, 5.41) is 10.9. The summed E-state index contributed by atoms with van der Waals surface area (Å²) in [5.41, 5.74) is 4.43. The first-order chi connectivity index (χ1) is 10.4. The average molecular weight is 303 g/mol. The van der Waals surface area contributed by atoms with Crippen LogP contribution in [0.15, 0.2) is 46.6 Å². The van der Waals surface area contributed by atoms with E-state index >= 15 is 0 Å². The molecule has 3 N–H and O–H groups in total. The molecule has 0 bridgehead atoms. The fourth-order valence-corrected chi connectivity index (χ4v) is 3.17. The van der Waals surface area contributed by atoms with Crippen molar-refractivity contribution in [2.75, 3.05) is 14.2 Å². The highest BCUT2D eigenvalue weighted by atomic mass is 16.5. The zero-order valence-corrected chi connectivity index (χ0v) is 12.4. The fraction of sp³-hybridized carbons (Fsp3) is 0.375. The van der Waals surface area contributed by atoms with Crippen molar-refractivity contribution >= 4 is 11.6 Å². The molecule has 3 aliphatic carbocycles. The zero-order valence-electron chi connectivity index (χ0n) is 12.4. The molecule has 0 aromatic heterocycles. The minimum absolute atomic E-state index is 0.158. The summed E-state index contributed by atoms with van der Waals surface area (Å²) in [4.78, 5) is 25.3. The number of hydrogen-bond acceptors (Lipinski definition) is 6. The topological polar surface area (TPSA) is 98.9 Å². The molecular weight excluding hydrogens is 286 g/mol. The Labute approximate surface area is 127 Å². The lowest BCUT2D eigenvalue weighted by Crippen LogP contribution is -2.46. The molecule has 1 unspecified atom stereocenters. The number of Topliss-reactive ketones (excluding diaryl/α,β-unsaturated/α-hetero) is 2. The summed E-state index contributed by atoms with van der Waals surface area (Å²) in [5.74, 6) is -1.34. The van der Waals surface area contributed by atoms with Crippen molar-refractivity contribution in [2.45, 2.75) is 18.4 Å². The van der Waals surface area contributed by atoms with E-state index in [0.29, 0.717) is 30.1 Å². The van der Waals surface area contributed by atoms with Gasteiger partial charge in [0.2, 0.25) is 17.2 Å². The lowest BCUT2D eigenvalue weighted by molar-refractivity contribution is -0.144. The maximum Gasteiger partial charge on any atom is 0.205 e. The van der Waals surface area contributed by atoms with E-state index in [2.05, 4.69) is 0 Å². The number of carbonyl (C=O) groups is 2. The van der Waals surface area contributed by atoms with Crippen LogP contribution in [0.4, 0.5) is 0 Å². The molecule has 0 radical (unpaired) electrons. The molecule has 6 nitrogen and oxygen atoms in total. The summed E-state index contributed by atoms with van der Waals surface area (Å²) in [6.45, 7) is 0. The van der Waals surface area contributed by atoms with Gasteiger partial charge in [0.05, 0.1) is 19.8 Å². The first-order valence-electron chi connectivity index (χ1n) is 6.98. The maximum atomic E-state index is 12.7. The van der Waals surface area contributed by atoms with Crippen LogP contribution < -0.4 is 5.73 Å². The van der Waals surface area contributed by atoms with Gasteiger partial charge in [-0.25, -0.2) is 0 Å². The monoisotopic (exact) mass is 303 g/mol. The molecule has 3 rings (SSSR count).